The second-order valence-corrected chi connectivity index (χ2v) is 12.2. The average molecular weight is 596 g/mol. The first-order valence-corrected chi connectivity index (χ1v) is 14.7. The summed E-state index contributed by atoms with van der Waals surface area (Å²) >= 11 is 2.92. The average Bonchev–Trinajstić information content (AvgIpc) is 3.67. The fourth-order valence-electron chi connectivity index (χ4n) is 5.12. The van der Waals surface area contributed by atoms with Gasteiger partial charge in [0, 0.05) is 55.1 Å². The molecule has 5 N–H and O–H groups in total. The number of hydrogen-bond donors (Lipinski definition) is 4. The van der Waals surface area contributed by atoms with Crippen LogP contribution in [0.25, 0.3) is 20.2 Å². The van der Waals surface area contributed by atoms with E-state index < -0.39 is 42.0 Å². The van der Waals surface area contributed by atoms with Crippen molar-refractivity contribution in [3.63, 3.8) is 0 Å². The first-order valence-electron chi connectivity index (χ1n) is 13.0. The normalized spacial score (nSPS) is 19.4. The molecule has 0 radical (unpaired) electrons. The van der Waals surface area contributed by atoms with Crippen molar-refractivity contribution in [3.05, 3.63) is 69.9 Å². The number of amides is 3. The van der Waals surface area contributed by atoms with Gasteiger partial charge >= 0.3 is 0 Å². The number of nitrogen functional groups attached to an aromatic ring is 1. The summed E-state index contributed by atoms with van der Waals surface area (Å²) in [6.45, 7) is 0.770. The first-order chi connectivity index (χ1) is 19.6. The van der Waals surface area contributed by atoms with Crippen LogP contribution in [0.2, 0.25) is 0 Å². The minimum absolute atomic E-state index is 0.0776. The summed E-state index contributed by atoms with van der Waals surface area (Å²) in [7, 11) is 1.36. The fraction of sp³-hybridized carbons (Fsp3) is 0.310. The Hall–Kier alpha value is -3.87. The van der Waals surface area contributed by atoms with Gasteiger partial charge in [-0.1, -0.05) is 24.3 Å². The Bertz CT molecular complexity index is 1650. The molecule has 1 aliphatic rings. The Morgan fingerprint density at radius 3 is 2.66 bits per heavy atom. The van der Waals surface area contributed by atoms with E-state index >= 15 is 4.39 Å². The van der Waals surface area contributed by atoms with Gasteiger partial charge in [-0.3, -0.25) is 19.8 Å². The topological polar surface area (TPSA) is 138 Å². The van der Waals surface area contributed by atoms with Gasteiger partial charge < -0.3 is 26.0 Å². The predicted octanol–water partition coefficient (Wildman–Crippen LogP) is 3.96. The van der Waals surface area contributed by atoms with Crippen LogP contribution in [0.1, 0.15) is 40.2 Å². The molecule has 1 fully saturated rings. The summed E-state index contributed by atoms with van der Waals surface area (Å²) in [5.74, 6) is -1.60. The van der Waals surface area contributed by atoms with Crippen LogP contribution in [-0.2, 0) is 14.3 Å². The quantitative estimate of drug-likeness (QED) is 0.171. The van der Waals surface area contributed by atoms with Crippen LogP contribution in [0.4, 0.5) is 4.39 Å². The van der Waals surface area contributed by atoms with E-state index in [4.69, 9.17) is 15.9 Å². The second-order valence-electron chi connectivity index (χ2n) is 10.2. The molecule has 1 saturated heterocycles. The molecule has 4 aromatic rings. The molecule has 214 valence electrons. The van der Waals surface area contributed by atoms with E-state index in [0.29, 0.717) is 11.1 Å². The standard InChI is InChI=1S/C29H30FN5O4S2/c1-16(23-10-18(13-40-23)26(31)32)34-28(38)21-11-29(30,15-39-2)14-35(21)25(36)12-33-27(37)17-7-8-20-19-5-3-4-6-22(19)41-24(20)9-17/h3-10,13,16,21H,11-12,14-15H2,1-2H3,(H3,31,32)(H,33,37)(H,34,38)/t16?,21-,29+/m0/s1. The molecule has 0 spiro atoms. The van der Waals surface area contributed by atoms with Gasteiger partial charge in [0.05, 0.1) is 25.7 Å². The summed E-state index contributed by atoms with van der Waals surface area (Å²) in [4.78, 5) is 41.4. The highest BCUT2D eigenvalue weighted by molar-refractivity contribution is 7.25. The summed E-state index contributed by atoms with van der Waals surface area (Å²) in [5.41, 5.74) is 4.59. The lowest BCUT2D eigenvalue weighted by Gasteiger charge is -2.25. The van der Waals surface area contributed by atoms with Crippen molar-refractivity contribution in [2.45, 2.75) is 31.1 Å². The highest BCUT2D eigenvalue weighted by Crippen LogP contribution is 2.34. The van der Waals surface area contributed by atoms with E-state index in [-0.39, 0.29) is 25.4 Å². The van der Waals surface area contributed by atoms with Crippen molar-refractivity contribution in [1.82, 2.24) is 15.5 Å². The van der Waals surface area contributed by atoms with Gasteiger partial charge in [0.15, 0.2) is 5.67 Å². The van der Waals surface area contributed by atoms with Crippen molar-refractivity contribution in [1.29, 1.82) is 5.41 Å². The van der Waals surface area contributed by atoms with Crippen LogP contribution in [0.15, 0.2) is 53.9 Å². The van der Waals surface area contributed by atoms with Crippen LogP contribution in [0.5, 0.6) is 0 Å². The maximum atomic E-state index is 15.6. The van der Waals surface area contributed by atoms with Crippen molar-refractivity contribution in [3.8, 4) is 0 Å². The zero-order chi connectivity index (χ0) is 29.3. The number of likely N-dealkylation sites (tertiary alicyclic amines) is 1. The predicted molar refractivity (Wildman–Crippen MR) is 159 cm³/mol. The Morgan fingerprint density at radius 1 is 1.17 bits per heavy atom. The molecule has 12 heteroatoms. The number of thiophene rings is 2. The second kappa shape index (κ2) is 11.6. The van der Waals surface area contributed by atoms with Crippen LogP contribution >= 0.6 is 22.7 Å². The van der Waals surface area contributed by atoms with Gasteiger partial charge in [0.25, 0.3) is 5.91 Å². The smallest absolute Gasteiger partial charge is 0.251 e. The summed E-state index contributed by atoms with van der Waals surface area (Å²) in [6, 6.07) is 13.6. The van der Waals surface area contributed by atoms with Crippen molar-refractivity contribution < 1.29 is 23.5 Å². The number of carbonyl (C=O) groups excluding carboxylic acids is 3. The summed E-state index contributed by atoms with van der Waals surface area (Å²) < 4.78 is 22.7. The molecule has 3 heterocycles. The third kappa shape index (κ3) is 5.95. The molecule has 1 aliphatic heterocycles. The molecule has 0 bridgehead atoms. The lowest BCUT2D eigenvalue weighted by molar-refractivity contribution is -0.138. The van der Waals surface area contributed by atoms with E-state index in [2.05, 4.69) is 10.6 Å². The molecule has 0 saturated carbocycles. The third-order valence-electron chi connectivity index (χ3n) is 7.17. The molecule has 1 unspecified atom stereocenters. The number of hydrogen-bond acceptors (Lipinski definition) is 7. The largest absolute Gasteiger partial charge is 0.384 e. The molecule has 0 aliphatic carbocycles. The number of alkyl halides is 1. The highest BCUT2D eigenvalue weighted by atomic mass is 32.1. The Labute approximate surface area is 244 Å². The van der Waals surface area contributed by atoms with Crippen molar-refractivity contribution >= 4 is 66.4 Å². The van der Waals surface area contributed by atoms with Gasteiger partial charge in [-0.2, -0.15) is 0 Å². The zero-order valence-corrected chi connectivity index (χ0v) is 24.2. The molecule has 5 rings (SSSR count). The molecule has 9 nitrogen and oxygen atoms in total. The number of nitrogens with zero attached hydrogens (tertiary/aromatic N) is 1. The number of benzene rings is 2. The van der Waals surface area contributed by atoms with Crippen LogP contribution in [0, 0.1) is 5.41 Å². The minimum Gasteiger partial charge on any atom is -0.384 e. The summed E-state index contributed by atoms with van der Waals surface area (Å²) in [6.07, 6.45) is -0.231. The molecular weight excluding hydrogens is 565 g/mol. The van der Waals surface area contributed by atoms with E-state index in [1.54, 1.807) is 41.8 Å². The number of ether oxygens (including phenoxy) is 1. The maximum absolute atomic E-state index is 15.6. The number of amidine groups is 1. The monoisotopic (exact) mass is 595 g/mol. The van der Waals surface area contributed by atoms with Gasteiger partial charge in [-0.05, 0) is 31.2 Å². The number of halogens is 1. The number of fused-ring (bicyclic) bond motifs is 3. The molecule has 3 atom stereocenters. The Kier molecular flexibility index (Phi) is 8.07. The number of carbonyl (C=O) groups is 3. The molecule has 2 aromatic heterocycles. The lowest BCUT2D eigenvalue weighted by Crippen LogP contribution is -2.49. The van der Waals surface area contributed by atoms with Crippen LogP contribution < -0.4 is 16.4 Å². The van der Waals surface area contributed by atoms with Gasteiger partial charge in [-0.25, -0.2) is 4.39 Å². The lowest BCUT2D eigenvalue weighted by atomic mass is 10.0. The Balaban J connectivity index is 1.27. The number of methoxy groups -OCH3 is 1. The van der Waals surface area contributed by atoms with Crippen molar-refractivity contribution in [2.24, 2.45) is 5.73 Å². The SMILES string of the molecule is COC[C@@]1(F)C[C@@H](C(=O)NC(C)c2cc(C(=N)N)cs2)N(C(=O)CNC(=O)c2ccc3c(c2)sc2ccccc23)C1. The minimum atomic E-state index is -1.91. The zero-order valence-electron chi connectivity index (χ0n) is 22.5. The highest BCUT2D eigenvalue weighted by Gasteiger charge is 2.49. The molecular formula is C29H30FN5O4S2. The number of nitrogens with two attached hydrogens (primary N) is 1. The Morgan fingerprint density at radius 2 is 1.93 bits per heavy atom. The van der Waals surface area contributed by atoms with Crippen LogP contribution in [-0.4, -0.2) is 67.0 Å². The van der Waals surface area contributed by atoms with Gasteiger partial charge in [0.2, 0.25) is 11.8 Å². The van der Waals surface area contributed by atoms with E-state index in [1.165, 1.54) is 23.3 Å². The number of nitrogens with one attached hydrogen (secondary N) is 3. The third-order valence-corrected chi connectivity index (χ3v) is 9.42. The maximum Gasteiger partial charge on any atom is 0.251 e. The van der Waals surface area contributed by atoms with E-state index in [1.807, 2.05) is 30.3 Å². The molecule has 41 heavy (non-hydrogen) atoms. The van der Waals surface area contributed by atoms with Crippen molar-refractivity contribution in [2.75, 3.05) is 26.8 Å². The van der Waals surface area contributed by atoms with Gasteiger partial charge in [-0.15, -0.1) is 22.7 Å². The summed E-state index contributed by atoms with van der Waals surface area (Å²) in [5, 5.41) is 16.9. The molecule has 3 amide bonds. The number of rotatable bonds is 9. The van der Waals surface area contributed by atoms with Crippen LogP contribution in [0.3, 0.4) is 0 Å². The van der Waals surface area contributed by atoms with E-state index in [9.17, 15) is 14.4 Å². The van der Waals surface area contributed by atoms with Gasteiger partial charge in [0.1, 0.15) is 11.9 Å². The fourth-order valence-corrected chi connectivity index (χ4v) is 7.19. The molecule has 2 aromatic carbocycles. The first kappa shape index (κ1) is 28.7. The van der Waals surface area contributed by atoms with E-state index in [0.717, 1.165) is 25.0 Å².